The van der Waals surface area contributed by atoms with Crippen LogP contribution < -0.4 is 5.32 Å². The summed E-state index contributed by atoms with van der Waals surface area (Å²) in [5.74, 6) is -0.954. The van der Waals surface area contributed by atoms with E-state index in [0.717, 1.165) is 11.1 Å². The number of carboxylic acids is 1. The summed E-state index contributed by atoms with van der Waals surface area (Å²) >= 11 is 0. The van der Waals surface area contributed by atoms with Gasteiger partial charge in [-0.25, -0.2) is 9.78 Å². The van der Waals surface area contributed by atoms with Gasteiger partial charge in [0.05, 0.1) is 5.52 Å². The van der Waals surface area contributed by atoms with Gasteiger partial charge >= 0.3 is 5.97 Å². The maximum Gasteiger partial charge on any atom is 0.354 e. The van der Waals surface area contributed by atoms with Crippen molar-refractivity contribution in [1.29, 1.82) is 0 Å². The Morgan fingerprint density at radius 2 is 2.16 bits per heavy atom. The lowest BCUT2D eigenvalue weighted by Gasteiger charge is -2.13. The molecule has 3 N–H and O–H groups in total. The molecular weight excluding hydrogens is 244 g/mol. The Kier molecular flexibility index (Phi) is 3.97. The predicted octanol–water partition coefficient (Wildman–Crippen LogP) is 1.97. The van der Waals surface area contributed by atoms with Crippen LogP contribution in [0.4, 0.5) is 5.69 Å². The molecule has 0 aliphatic carbocycles. The maximum atomic E-state index is 11.1. The van der Waals surface area contributed by atoms with Gasteiger partial charge in [0.25, 0.3) is 0 Å². The number of nitrogens with one attached hydrogen (secondary N) is 1. The molecule has 0 amide bonds. The Morgan fingerprint density at radius 3 is 2.84 bits per heavy atom. The van der Waals surface area contributed by atoms with E-state index in [0.29, 0.717) is 12.1 Å². The SMILES string of the molecule is CC(CO)CNc1cc(C(=O)O)nc2ccccc12. The molecule has 0 fully saturated rings. The molecule has 5 nitrogen and oxygen atoms in total. The van der Waals surface area contributed by atoms with Gasteiger partial charge in [0.2, 0.25) is 0 Å². The van der Waals surface area contributed by atoms with Crippen LogP contribution in [0.15, 0.2) is 30.3 Å². The molecule has 0 spiro atoms. The van der Waals surface area contributed by atoms with Crippen molar-refractivity contribution in [2.24, 2.45) is 5.92 Å². The van der Waals surface area contributed by atoms with Gasteiger partial charge in [0.15, 0.2) is 5.69 Å². The number of carbonyl (C=O) groups is 1. The van der Waals surface area contributed by atoms with Crippen LogP contribution in [0.5, 0.6) is 0 Å². The zero-order chi connectivity index (χ0) is 13.8. The van der Waals surface area contributed by atoms with Gasteiger partial charge in [0, 0.05) is 24.2 Å². The van der Waals surface area contributed by atoms with Crippen LogP contribution in [0, 0.1) is 5.92 Å². The number of aromatic nitrogens is 1. The van der Waals surface area contributed by atoms with Crippen molar-refractivity contribution in [1.82, 2.24) is 4.98 Å². The number of para-hydroxylation sites is 1. The number of aromatic carboxylic acids is 1. The quantitative estimate of drug-likeness (QED) is 0.765. The summed E-state index contributed by atoms with van der Waals surface area (Å²) in [5.41, 5.74) is 1.38. The number of aliphatic hydroxyl groups is 1. The summed E-state index contributed by atoms with van der Waals surface area (Å²) in [5, 5.41) is 22.1. The van der Waals surface area contributed by atoms with E-state index in [2.05, 4.69) is 10.3 Å². The fraction of sp³-hybridized carbons (Fsp3) is 0.286. The van der Waals surface area contributed by atoms with Crippen LogP contribution in [0.1, 0.15) is 17.4 Å². The Labute approximate surface area is 110 Å². The fourth-order valence-corrected chi connectivity index (χ4v) is 1.78. The summed E-state index contributed by atoms with van der Waals surface area (Å²) in [4.78, 5) is 15.2. The molecular formula is C14H16N2O3. The minimum Gasteiger partial charge on any atom is -0.477 e. The number of nitrogens with zero attached hydrogens (tertiary/aromatic N) is 1. The standard InChI is InChI=1S/C14H16N2O3/c1-9(8-17)7-15-12-6-13(14(18)19)16-11-5-3-2-4-10(11)12/h2-6,9,17H,7-8H2,1H3,(H,15,16)(H,18,19). The molecule has 1 heterocycles. The van der Waals surface area contributed by atoms with E-state index >= 15 is 0 Å². The van der Waals surface area contributed by atoms with Gasteiger partial charge in [0.1, 0.15) is 0 Å². The normalized spacial score (nSPS) is 12.3. The smallest absolute Gasteiger partial charge is 0.354 e. The number of aliphatic hydroxyl groups excluding tert-OH is 1. The highest BCUT2D eigenvalue weighted by atomic mass is 16.4. The summed E-state index contributed by atoms with van der Waals surface area (Å²) in [6, 6.07) is 8.89. The lowest BCUT2D eigenvalue weighted by molar-refractivity contribution is 0.0691. The van der Waals surface area contributed by atoms with E-state index in [4.69, 9.17) is 10.2 Å². The van der Waals surface area contributed by atoms with E-state index in [1.165, 1.54) is 6.07 Å². The van der Waals surface area contributed by atoms with Crippen LogP contribution in [0.2, 0.25) is 0 Å². The molecule has 0 aliphatic heterocycles. The molecule has 100 valence electrons. The van der Waals surface area contributed by atoms with Gasteiger partial charge in [-0.05, 0) is 18.1 Å². The summed E-state index contributed by atoms with van der Waals surface area (Å²) in [6.45, 7) is 2.57. The third-order valence-electron chi connectivity index (χ3n) is 2.89. The van der Waals surface area contributed by atoms with Crippen molar-refractivity contribution in [2.75, 3.05) is 18.5 Å². The van der Waals surface area contributed by atoms with Gasteiger partial charge in [-0.1, -0.05) is 25.1 Å². The molecule has 19 heavy (non-hydrogen) atoms. The molecule has 1 aromatic heterocycles. The first kappa shape index (κ1) is 13.3. The van der Waals surface area contributed by atoms with Crippen LogP contribution in [-0.4, -0.2) is 34.3 Å². The summed E-state index contributed by atoms with van der Waals surface area (Å²) < 4.78 is 0. The molecule has 1 aromatic carbocycles. The molecule has 1 unspecified atom stereocenters. The molecule has 0 saturated heterocycles. The zero-order valence-electron chi connectivity index (χ0n) is 10.6. The van der Waals surface area contributed by atoms with Gasteiger partial charge < -0.3 is 15.5 Å². The molecule has 2 rings (SSSR count). The Balaban J connectivity index is 2.41. The number of hydrogen-bond acceptors (Lipinski definition) is 4. The van der Waals surface area contributed by atoms with Crippen LogP contribution >= 0.6 is 0 Å². The maximum absolute atomic E-state index is 11.1. The second kappa shape index (κ2) is 5.67. The Bertz CT molecular complexity index is 598. The fourth-order valence-electron chi connectivity index (χ4n) is 1.78. The molecule has 2 aromatic rings. The van der Waals surface area contributed by atoms with Gasteiger partial charge in [-0.3, -0.25) is 0 Å². The second-order valence-electron chi connectivity index (χ2n) is 4.55. The first-order valence-electron chi connectivity index (χ1n) is 6.09. The number of carboxylic acid groups (broad SMARTS) is 1. The number of anilines is 1. The van der Waals surface area contributed by atoms with E-state index in [9.17, 15) is 4.79 Å². The van der Waals surface area contributed by atoms with E-state index < -0.39 is 5.97 Å². The third-order valence-corrected chi connectivity index (χ3v) is 2.89. The minimum absolute atomic E-state index is 0.0119. The van der Waals surface area contributed by atoms with Crippen molar-refractivity contribution < 1.29 is 15.0 Å². The minimum atomic E-state index is -1.05. The number of benzene rings is 1. The molecule has 1 atom stereocenters. The number of rotatable bonds is 5. The number of hydrogen-bond donors (Lipinski definition) is 3. The van der Waals surface area contributed by atoms with Crippen LogP contribution in [0.25, 0.3) is 10.9 Å². The highest BCUT2D eigenvalue weighted by molar-refractivity contribution is 5.97. The predicted molar refractivity (Wildman–Crippen MR) is 73.4 cm³/mol. The van der Waals surface area contributed by atoms with E-state index in [1.54, 1.807) is 6.07 Å². The summed E-state index contributed by atoms with van der Waals surface area (Å²) in [7, 11) is 0. The highest BCUT2D eigenvalue weighted by Crippen LogP contribution is 2.23. The molecule has 0 radical (unpaired) electrons. The first-order valence-corrected chi connectivity index (χ1v) is 6.09. The van der Waals surface area contributed by atoms with Gasteiger partial charge in [-0.2, -0.15) is 0 Å². The van der Waals surface area contributed by atoms with Crippen molar-refractivity contribution in [2.45, 2.75) is 6.92 Å². The molecule has 0 saturated carbocycles. The average Bonchev–Trinajstić information content (AvgIpc) is 2.43. The van der Waals surface area contributed by atoms with E-state index in [-0.39, 0.29) is 18.2 Å². The first-order chi connectivity index (χ1) is 9.11. The van der Waals surface area contributed by atoms with Crippen LogP contribution in [-0.2, 0) is 0 Å². The van der Waals surface area contributed by atoms with Crippen molar-refractivity contribution in [3.8, 4) is 0 Å². The van der Waals surface area contributed by atoms with Crippen molar-refractivity contribution >= 4 is 22.6 Å². The monoisotopic (exact) mass is 260 g/mol. The summed E-state index contributed by atoms with van der Waals surface area (Å²) in [6.07, 6.45) is 0. The lowest BCUT2D eigenvalue weighted by atomic mass is 10.1. The highest BCUT2D eigenvalue weighted by Gasteiger charge is 2.11. The van der Waals surface area contributed by atoms with Crippen molar-refractivity contribution in [3.63, 3.8) is 0 Å². The molecule has 0 bridgehead atoms. The van der Waals surface area contributed by atoms with Gasteiger partial charge in [-0.15, -0.1) is 0 Å². The largest absolute Gasteiger partial charge is 0.477 e. The van der Waals surface area contributed by atoms with E-state index in [1.807, 2.05) is 25.1 Å². The average molecular weight is 260 g/mol. The van der Waals surface area contributed by atoms with Crippen LogP contribution in [0.3, 0.4) is 0 Å². The Hall–Kier alpha value is -2.14. The molecule has 5 heteroatoms. The lowest BCUT2D eigenvalue weighted by Crippen LogP contribution is -2.15. The van der Waals surface area contributed by atoms with Crippen molar-refractivity contribution in [3.05, 3.63) is 36.0 Å². The third kappa shape index (κ3) is 3.00. The zero-order valence-corrected chi connectivity index (χ0v) is 10.6. The number of fused-ring (bicyclic) bond motifs is 1. The number of pyridine rings is 1. The Morgan fingerprint density at radius 1 is 1.42 bits per heavy atom. The topological polar surface area (TPSA) is 82.5 Å². The molecule has 0 aliphatic rings. The second-order valence-corrected chi connectivity index (χ2v) is 4.55.